The number of benzene rings is 1. The molecule has 2 atom stereocenters. The number of likely N-dealkylation sites (tertiary alicyclic amines) is 1. The molecular formula is C20H22FN3O2. The van der Waals surface area contributed by atoms with E-state index in [2.05, 4.69) is 15.2 Å². The second-order valence-corrected chi connectivity index (χ2v) is 7.11. The molecular weight excluding hydrogens is 333 g/mol. The number of carbonyl (C=O) groups is 1. The minimum atomic E-state index is -0.451. The van der Waals surface area contributed by atoms with Gasteiger partial charge in [0.1, 0.15) is 11.6 Å². The molecule has 1 aromatic heterocycles. The van der Waals surface area contributed by atoms with Gasteiger partial charge in [0.05, 0.1) is 18.2 Å². The van der Waals surface area contributed by atoms with Crippen molar-refractivity contribution in [2.24, 2.45) is 11.3 Å². The van der Waals surface area contributed by atoms with Gasteiger partial charge in [-0.15, -0.1) is 0 Å². The Balaban J connectivity index is 1.44. The lowest BCUT2D eigenvalue weighted by molar-refractivity contribution is -0.128. The van der Waals surface area contributed by atoms with E-state index in [9.17, 15) is 9.18 Å². The van der Waals surface area contributed by atoms with Crippen molar-refractivity contribution in [2.45, 2.75) is 13.0 Å². The van der Waals surface area contributed by atoms with Gasteiger partial charge in [-0.1, -0.05) is 18.2 Å². The zero-order valence-electron chi connectivity index (χ0n) is 14.5. The summed E-state index contributed by atoms with van der Waals surface area (Å²) in [5.41, 5.74) is 0.221. The van der Waals surface area contributed by atoms with Gasteiger partial charge in [0.15, 0.2) is 0 Å². The highest BCUT2D eigenvalue weighted by molar-refractivity contribution is 5.86. The fourth-order valence-corrected chi connectivity index (χ4v) is 4.06. The molecule has 3 heterocycles. The predicted octanol–water partition coefficient (Wildman–Crippen LogP) is 2.24. The molecule has 4 rings (SSSR count). The van der Waals surface area contributed by atoms with Crippen LogP contribution in [0.4, 0.5) is 4.39 Å². The highest BCUT2D eigenvalue weighted by atomic mass is 19.1. The van der Waals surface area contributed by atoms with Gasteiger partial charge in [-0.25, -0.2) is 4.39 Å². The number of nitrogens with one attached hydrogen (secondary N) is 1. The zero-order chi connectivity index (χ0) is 18.0. The van der Waals surface area contributed by atoms with Crippen LogP contribution < -0.4 is 10.1 Å². The summed E-state index contributed by atoms with van der Waals surface area (Å²) in [5, 5.41) is 3.00. The van der Waals surface area contributed by atoms with E-state index < -0.39 is 5.41 Å². The van der Waals surface area contributed by atoms with E-state index in [0.717, 1.165) is 13.0 Å². The van der Waals surface area contributed by atoms with Gasteiger partial charge in [-0.3, -0.25) is 14.7 Å². The molecule has 2 saturated heterocycles. The summed E-state index contributed by atoms with van der Waals surface area (Å²) in [6, 6.07) is 10.5. The number of rotatable bonds is 5. The molecule has 1 amide bonds. The second-order valence-electron chi connectivity index (χ2n) is 7.11. The van der Waals surface area contributed by atoms with Crippen molar-refractivity contribution in [2.75, 3.05) is 26.2 Å². The van der Waals surface area contributed by atoms with Gasteiger partial charge in [0.2, 0.25) is 5.91 Å². The summed E-state index contributed by atoms with van der Waals surface area (Å²) in [5.74, 6) is 0.707. The molecule has 2 aromatic rings. The first kappa shape index (κ1) is 17.0. The maximum absolute atomic E-state index is 13.9. The summed E-state index contributed by atoms with van der Waals surface area (Å²) < 4.78 is 19.8. The van der Waals surface area contributed by atoms with Crippen molar-refractivity contribution < 1.29 is 13.9 Å². The number of nitrogens with zero attached hydrogens (tertiary/aromatic N) is 2. The summed E-state index contributed by atoms with van der Waals surface area (Å²) in [6.45, 7) is 3.03. The van der Waals surface area contributed by atoms with Crippen molar-refractivity contribution in [3.8, 4) is 5.75 Å². The molecule has 5 nitrogen and oxygen atoms in total. The average Bonchev–Trinajstić information content (AvgIpc) is 3.22. The first-order valence-corrected chi connectivity index (χ1v) is 8.94. The molecule has 2 fully saturated rings. The van der Waals surface area contributed by atoms with Gasteiger partial charge >= 0.3 is 0 Å². The number of halogens is 1. The quantitative estimate of drug-likeness (QED) is 0.894. The fourth-order valence-electron chi connectivity index (χ4n) is 4.06. The van der Waals surface area contributed by atoms with E-state index in [0.29, 0.717) is 37.6 Å². The third-order valence-corrected chi connectivity index (χ3v) is 5.56. The van der Waals surface area contributed by atoms with Crippen molar-refractivity contribution in [1.82, 2.24) is 15.2 Å². The first-order chi connectivity index (χ1) is 12.7. The normalized spacial score (nSPS) is 25.6. The van der Waals surface area contributed by atoms with E-state index in [4.69, 9.17) is 4.74 Å². The van der Waals surface area contributed by atoms with E-state index in [-0.39, 0.29) is 17.6 Å². The number of amides is 1. The van der Waals surface area contributed by atoms with Crippen LogP contribution in [0.15, 0.2) is 48.8 Å². The molecule has 2 aliphatic heterocycles. The van der Waals surface area contributed by atoms with E-state index in [1.54, 1.807) is 24.5 Å². The molecule has 0 unspecified atom stereocenters. The Morgan fingerprint density at radius 1 is 1.31 bits per heavy atom. The van der Waals surface area contributed by atoms with E-state index >= 15 is 0 Å². The van der Waals surface area contributed by atoms with Gasteiger partial charge < -0.3 is 10.1 Å². The van der Waals surface area contributed by atoms with Crippen molar-refractivity contribution in [1.29, 1.82) is 0 Å². The SMILES string of the molecule is O=C1NC[C@H](COc2cccnc2)[C@]12CCN(Cc1ccccc1F)C2. The first-order valence-electron chi connectivity index (χ1n) is 8.94. The summed E-state index contributed by atoms with van der Waals surface area (Å²) in [7, 11) is 0. The number of aromatic nitrogens is 1. The lowest BCUT2D eigenvalue weighted by Gasteiger charge is -2.28. The molecule has 0 radical (unpaired) electrons. The highest BCUT2D eigenvalue weighted by Gasteiger charge is 2.54. The van der Waals surface area contributed by atoms with Crippen LogP contribution in [-0.2, 0) is 11.3 Å². The Bertz CT molecular complexity index is 786. The van der Waals surface area contributed by atoms with E-state index in [1.807, 2.05) is 18.2 Å². The zero-order valence-corrected chi connectivity index (χ0v) is 14.5. The topological polar surface area (TPSA) is 54.5 Å². The molecule has 0 bridgehead atoms. The molecule has 1 aromatic carbocycles. The maximum Gasteiger partial charge on any atom is 0.228 e. The Kier molecular flexibility index (Phi) is 4.59. The van der Waals surface area contributed by atoms with Crippen LogP contribution in [0, 0.1) is 17.2 Å². The lowest BCUT2D eigenvalue weighted by atomic mass is 9.77. The molecule has 1 spiro atoms. The minimum Gasteiger partial charge on any atom is -0.492 e. The van der Waals surface area contributed by atoms with Crippen LogP contribution in [0.1, 0.15) is 12.0 Å². The summed E-state index contributed by atoms with van der Waals surface area (Å²) >= 11 is 0. The predicted molar refractivity (Wildman–Crippen MR) is 95.0 cm³/mol. The third-order valence-electron chi connectivity index (χ3n) is 5.56. The summed E-state index contributed by atoms with van der Waals surface area (Å²) in [4.78, 5) is 18.8. The maximum atomic E-state index is 13.9. The Morgan fingerprint density at radius 2 is 2.19 bits per heavy atom. The summed E-state index contributed by atoms with van der Waals surface area (Å²) in [6.07, 6.45) is 4.15. The highest BCUT2D eigenvalue weighted by Crippen LogP contribution is 2.42. The smallest absolute Gasteiger partial charge is 0.228 e. The number of hydrogen-bond acceptors (Lipinski definition) is 4. The largest absolute Gasteiger partial charge is 0.492 e. The molecule has 6 heteroatoms. The molecule has 1 N–H and O–H groups in total. The van der Waals surface area contributed by atoms with Crippen molar-refractivity contribution >= 4 is 5.91 Å². The Labute approximate surface area is 152 Å². The van der Waals surface area contributed by atoms with Crippen LogP contribution in [-0.4, -0.2) is 42.0 Å². The number of pyridine rings is 1. The fraction of sp³-hybridized carbons (Fsp3) is 0.400. The van der Waals surface area contributed by atoms with Gasteiger partial charge in [0.25, 0.3) is 0 Å². The Morgan fingerprint density at radius 3 is 3.00 bits per heavy atom. The van der Waals surface area contributed by atoms with Crippen LogP contribution >= 0.6 is 0 Å². The average molecular weight is 355 g/mol. The number of carbonyl (C=O) groups excluding carboxylic acids is 1. The monoisotopic (exact) mass is 355 g/mol. The molecule has 26 heavy (non-hydrogen) atoms. The lowest BCUT2D eigenvalue weighted by Crippen LogP contribution is -2.40. The van der Waals surface area contributed by atoms with Crippen LogP contribution in [0.2, 0.25) is 0 Å². The van der Waals surface area contributed by atoms with E-state index in [1.165, 1.54) is 6.07 Å². The standard InChI is InChI=1S/C20H22FN3O2/c21-18-6-2-1-4-15(18)12-24-9-7-20(14-24)16(10-23-19(20)25)13-26-17-5-3-8-22-11-17/h1-6,8,11,16H,7,9-10,12-14H2,(H,23,25)/t16-,20-/m1/s1. The number of hydrogen-bond donors (Lipinski definition) is 1. The van der Waals surface area contributed by atoms with Gasteiger partial charge in [-0.2, -0.15) is 0 Å². The van der Waals surface area contributed by atoms with Gasteiger partial charge in [-0.05, 0) is 31.2 Å². The molecule has 136 valence electrons. The van der Waals surface area contributed by atoms with Crippen LogP contribution in [0.3, 0.4) is 0 Å². The molecule has 2 aliphatic rings. The molecule has 0 aliphatic carbocycles. The molecule has 0 saturated carbocycles. The van der Waals surface area contributed by atoms with Gasteiger partial charge in [0, 0.05) is 37.3 Å². The second kappa shape index (κ2) is 7.03. The number of ether oxygens (including phenoxy) is 1. The van der Waals surface area contributed by atoms with Crippen molar-refractivity contribution in [3.05, 3.63) is 60.2 Å². The van der Waals surface area contributed by atoms with Crippen LogP contribution in [0.5, 0.6) is 5.75 Å². The third kappa shape index (κ3) is 3.17. The Hall–Kier alpha value is -2.47. The van der Waals surface area contributed by atoms with Crippen molar-refractivity contribution in [3.63, 3.8) is 0 Å². The minimum absolute atomic E-state index is 0.0910. The van der Waals surface area contributed by atoms with Crippen LogP contribution in [0.25, 0.3) is 0 Å².